The molecule has 2 rings (SSSR count). The summed E-state index contributed by atoms with van der Waals surface area (Å²) in [5.74, 6) is -0.200. The summed E-state index contributed by atoms with van der Waals surface area (Å²) in [7, 11) is 0. The summed E-state index contributed by atoms with van der Waals surface area (Å²) in [4.78, 5) is 2.10. The molecule has 0 amide bonds. The number of hydrogen-bond acceptors (Lipinski definition) is 3. The van der Waals surface area contributed by atoms with Crippen LogP contribution in [0, 0.1) is 0 Å². The number of ether oxygens (including phenoxy) is 1. The first-order valence-corrected chi connectivity index (χ1v) is 6.80. The summed E-state index contributed by atoms with van der Waals surface area (Å²) in [5, 5.41) is 3.20. The Morgan fingerprint density at radius 2 is 1.81 bits per heavy atom. The van der Waals surface area contributed by atoms with Crippen molar-refractivity contribution < 1.29 is 22.3 Å². The van der Waals surface area contributed by atoms with Gasteiger partial charge in [-0.2, -0.15) is 17.6 Å². The van der Waals surface area contributed by atoms with Gasteiger partial charge in [0.15, 0.2) is 0 Å². The first-order chi connectivity index (χ1) is 9.92. The zero-order valence-corrected chi connectivity index (χ0v) is 11.7. The molecule has 1 fully saturated rings. The van der Waals surface area contributed by atoms with Crippen LogP contribution in [-0.2, 0) is 0 Å². The Morgan fingerprint density at radius 3 is 2.43 bits per heavy atom. The maximum Gasteiger partial charge on any atom is 0.461 e. The third-order valence-electron chi connectivity index (χ3n) is 3.57. The number of halogens is 4. The molecule has 1 N–H and O–H groups in total. The van der Waals surface area contributed by atoms with Gasteiger partial charge in [-0.1, -0.05) is 18.2 Å². The summed E-state index contributed by atoms with van der Waals surface area (Å²) in [6.07, 6.45) is -8.35. The number of nitrogens with one attached hydrogen (secondary N) is 1. The SMILES string of the molecule is C[C@@H](c1ccccc1OC(F)(F)C(F)F)N1CCNCC1. The molecular weight excluding hydrogens is 288 g/mol. The van der Waals surface area contributed by atoms with Crippen LogP contribution in [0.4, 0.5) is 17.6 Å². The van der Waals surface area contributed by atoms with Gasteiger partial charge in [0.1, 0.15) is 5.75 Å². The second kappa shape index (κ2) is 6.62. The average molecular weight is 306 g/mol. The van der Waals surface area contributed by atoms with Crippen molar-refractivity contribution in [3.8, 4) is 5.75 Å². The smallest absolute Gasteiger partial charge is 0.428 e. The molecule has 0 aliphatic carbocycles. The molecule has 0 unspecified atom stereocenters. The molecule has 1 aromatic rings. The minimum Gasteiger partial charge on any atom is -0.428 e. The summed E-state index contributed by atoms with van der Waals surface area (Å²) >= 11 is 0. The Balaban J connectivity index is 2.19. The van der Waals surface area contributed by atoms with Crippen molar-refractivity contribution in [3.05, 3.63) is 29.8 Å². The zero-order valence-electron chi connectivity index (χ0n) is 11.7. The molecule has 118 valence electrons. The quantitative estimate of drug-likeness (QED) is 0.847. The fourth-order valence-electron chi connectivity index (χ4n) is 2.38. The van der Waals surface area contributed by atoms with Crippen LogP contribution in [-0.4, -0.2) is 43.6 Å². The van der Waals surface area contributed by atoms with E-state index in [1.165, 1.54) is 12.1 Å². The lowest BCUT2D eigenvalue weighted by atomic mass is 10.0. The molecule has 0 spiro atoms. The molecule has 1 heterocycles. The molecule has 7 heteroatoms. The van der Waals surface area contributed by atoms with Crippen LogP contribution in [0.15, 0.2) is 24.3 Å². The van der Waals surface area contributed by atoms with Gasteiger partial charge >= 0.3 is 12.5 Å². The maximum absolute atomic E-state index is 13.1. The molecule has 1 saturated heterocycles. The number of benzene rings is 1. The lowest BCUT2D eigenvalue weighted by molar-refractivity contribution is -0.253. The van der Waals surface area contributed by atoms with E-state index in [9.17, 15) is 17.6 Å². The van der Waals surface area contributed by atoms with Crippen LogP contribution in [0.2, 0.25) is 0 Å². The predicted molar refractivity (Wildman–Crippen MR) is 70.9 cm³/mol. The maximum atomic E-state index is 13.1. The fraction of sp³-hybridized carbons (Fsp3) is 0.571. The van der Waals surface area contributed by atoms with E-state index in [-0.39, 0.29) is 11.8 Å². The highest BCUT2D eigenvalue weighted by Gasteiger charge is 2.44. The van der Waals surface area contributed by atoms with E-state index in [1.807, 2.05) is 6.92 Å². The summed E-state index contributed by atoms with van der Waals surface area (Å²) in [5.41, 5.74) is 0.486. The lowest BCUT2D eigenvalue weighted by Gasteiger charge is -2.34. The second-order valence-corrected chi connectivity index (χ2v) is 4.96. The molecule has 0 bridgehead atoms. The minimum atomic E-state index is -4.49. The third kappa shape index (κ3) is 3.85. The number of para-hydroxylation sites is 1. The summed E-state index contributed by atoms with van der Waals surface area (Å²) in [6.45, 7) is 5.00. The van der Waals surface area contributed by atoms with Crippen molar-refractivity contribution in [2.75, 3.05) is 26.2 Å². The van der Waals surface area contributed by atoms with Crippen molar-refractivity contribution in [1.82, 2.24) is 10.2 Å². The van der Waals surface area contributed by atoms with Crippen LogP contribution in [0.25, 0.3) is 0 Å². The lowest BCUT2D eigenvalue weighted by Crippen LogP contribution is -2.44. The van der Waals surface area contributed by atoms with Gasteiger partial charge in [0.05, 0.1) is 0 Å². The molecule has 1 atom stereocenters. The molecule has 3 nitrogen and oxygen atoms in total. The molecule has 0 radical (unpaired) electrons. The zero-order chi connectivity index (χ0) is 15.5. The Labute approximate surface area is 120 Å². The van der Waals surface area contributed by atoms with E-state index in [4.69, 9.17) is 0 Å². The van der Waals surface area contributed by atoms with E-state index >= 15 is 0 Å². The average Bonchev–Trinajstić information content (AvgIpc) is 2.47. The second-order valence-electron chi connectivity index (χ2n) is 4.96. The number of piperazine rings is 1. The van der Waals surface area contributed by atoms with Gasteiger partial charge < -0.3 is 10.1 Å². The van der Waals surface area contributed by atoms with E-state index in [1.54, 1.807) is 12.1 Å². The van der Waals surface area contributed by atoms with Gasteiger partial charge in [-0.05, 0) is 13.0 Å². The summed E-state index contributed by atoms with van der Waals surface area (Å²) < 4.78 is 55.1. The largest absolute Gasteiger partial charge is 0.461 e. The highest BCUT2D eigenvalue weighted by molar-refractivity contribution is 5.36. The number of rotatable bonds is 5. The normalized spacial score (nSPS) is 18.8. The molecular formula is C14H18F4N2O. The van der Waals surface area contributed by atoms with Crippen LogP contribution in [0.3, 0.4) is 0 Å². The highest BCUT2D eigenvalue weighted by atomic mass is 19.3. The molecule has 1 aliphatic rings. The molecule has 0 saturated carbocycles. The Bertz CT molecular complexity index is 464. The van der Waals surface area contributed by atoms with Crippen LogP contribution < -0.4 is 10.1 Å². The van der Waals surface area contributed by atoms with E-state index < -0.39 is 12.5 Å². The first kappa shape index (κ1) is 16.0. The van der Waals surface area contributed by atoms with Crippen LogP contribution in [0.1, 0.15) is 18.5 Å². The van der Waals surface area contributed by atoms with E-state index in [2.05, 4.69) is 15.0 Å². The number of hydrogen-bond donors (Lipinski definition) is 1. The van der Waals surface area contributed by atoms with Gasteiger partial charge in [0.2, 0.25) is 0 Å². The van der Waals surface area contributed by atoms with Gasteiger partial charge in [-0.25, -0.2) is 0 Å². The van der Waals surface area contributed by atoms with E-state index in [0.717, 1.165) is 26.2 Å². The molecule has 1 aromatic carbocycles. The molecule has 0 aromatic heterocycles. The van der Waals surface area contributed by atoms with Crippen LogP contribution >= 0.6 is 0 Å². The van der Waals surface area contributed by atoms with Crippen molar-refractivity contribution in [2.24, 2.45) is 0 Å². The number of nitrogens with zero attached hydrogens (tertiary/aromatic N) is 1. The van der Waals surface area contributed by atoms with Crippen molar-refractivity contribution in [3.63, 3.8) is 0 Å². The number of alkyl halides is 4. The molecule has 1 aliphatic heterocycles. The Kier molecular flexibility index (Phi) is 5.05. The monoisotopic (exact) mass is 306 g/mol. The topological polar surface area (TPSA) is 24.5 Å². The minimum absolute atomic E-state index is 0.184. The van der Waals surface area contributed by atoms with Crippen LogP contribution in [0.5, 0.6) is 5.75 Å². The Morgan fingerprint density at radius 1 is 1.19 bits per heavy atom. The highest BCUT2D eigenvalue weighted by Crippen LogP contribution is 2.34. The van der Waals surface area contributed by atoms with E-state index in [0.29, 0.717) is 5.56 Å². The van der Waals surface area contributed by atoms with Crippen molar-refractivity contribution in [1.29, 1.82) is 0 Å². The third-order valence-corrected chi connectivity index (χ3v) is 3.57. The van der Waals surface area contributed by atoms with Gasteiger partial charge in [-0.3, -0.25) is 4.90 Å². The Hall–Kier alpha value is -1.34. The van der Waals surface area contributed by atoms with Crippen molar-refractivity contribution >= 4 is 0 Å². The van der Waals surface area contributed by atoms with Gasteiger partial charge in [-0.15, -0.1) is 0 Å². The van der Waals surface area contributed by atoms with Gasteiger partial charge in [0.25, 0.3) is 0 Å². The van der Waals surface area contributed by atoms with Crippen molar-refractivity contribution in [2.45, 2.75) is 25.5 Å². The predicted octanol–water partition coefficient (Wildman–Crippen LogP) is 2.89. The standard InChI is InChI=1S/C14H18F4N2O/c1-10(20-8-6-19-7-9-20)11-4-2-3-5-12(11)21-14(17,18)13(15)16/h2-5,10,13,19H,6-9H2,1H3/t10-/m0/s1. The fourth-order valence-corrected chi connectivity index (χ4v) is 2.38. The summed E-state index contributed by atoms with van der Waals surface area (Å²) in [6, 6.07) is 5.91. The molecule has 21 heavy (non-hydrogen) atoms. The van der Waals surface area contributed by atoms with Gasteiger partial charge in [0, 0.05) is 37.8 Å². The first-order valence-electron chi connectivity index (χ1n) is 6.80.